The van der Waals surface area contributed by atoms with Gasteiger partial charge in [0, 0.05) is 9.77 Å². The van der Waals surface area contributed by atoms with Crippen LogP contribution in [-0.2, 0) is 19.1 Å². The first kappa shape index (κ1) is 18.7. The highest BCUT2D eigenvalue weighted by Gasteiger charge is 2.30. The average Bonchev–Trinajstić information content (AvgIpc) is 2.80. The van der Waals surface area contributed by atoms with Crippen molar-refractivity contribution in [1.82, 2.24) is 0 Å². The summed E-state index contributed by atoms with van der Waals surface area (Å²) < 4.78 is 25.0. The zero-order chi connectivity index (χ0) is 17.9. The number of halogens is 3. The van der Waals surface area contributed by atoms with E-state index in [4.69, 9.17) is 9.47 Å². The predicted octanol–water partition coefficient (Wildman–Crippen LogP) is 3.68. The Morgan fingerprint density at radius 1 is 1.17 bits per heavy atom. The Labute approximate surface area is 160 Å². The van der Waals surface area contributed by atoms with Crippen LogP contribution >= 0.6 is 38.5 Å². The third-order valence-electron chi connectivity index (χ3n) is 3.15. The lowest BCUT2D eigenvalue weighted by atomic mass is 10.1. The van der Waals surface area contributed by atoms with Crippen molar-refractivity contribution in [1.29, 1.82) is 0 Å². The molecule has 1 aliphatic rings. The van der Waals surface area contributed by atoms with E-state index in [9.17, 15) is 14.0 Å². The highest BCUT2D eigenvalue weighted by atomic mass is 127. The number of carbonyl (C=O) groups is 2. The smallest absolute Gasteiger partial charge is 0.355 e. The lowest BCUT2D eigenvalue weighted by molar-refractivity contribution is -0.139. The van der Waals surface area contributed by atoms with Crippen LogP contribution in [0.3, 0.4) is 0 Å². The normalized spacial score (nSPS) is 13.8. The Morgan fingerprint density at radius 3 is 2.46 bits per heavy atom. The zero-order valence-corrected chi connectivity index (χ0v) is 16.4. The lowest BCUT2D eigenvalue weighted by Gasteiger charge is -2.24. The van der Waals surface area contributed by atoms with Gasteiger partial charge in [0.15, 0.2) is 5.82 Å². The number of ether oxygens (including phenoxy) is 2. The molecule has 8 heteroatoms. The molecule has 0 saturated carbocycles. The fraction of sp³-hybridized carbons (Fsp3) is 0.125. The molecule has 1 heterocycles. The van der Waals surface area contributed by atoms with E-state index >= 15 is 0 Å². The maximum atomic E-state index is 14.7. The minimum absolute atomic E-state index is 0.0375. The van der Waals surface area contributed by atoms with Gasteiger partial charge in [-0.05, 0) is 62.8 Å². The molecule has 2 rings (SSSR count). The Bertz CT molecular complexity index is 789. The number of nitrogens with zero attached hydrogens (tertiary/aromatic N) is 1. The summed E-state index contributed by atoms with van der Waals surface area (Å²) in [7, 11) is 2.38. The van der Waals surface area contributed by atoms with Gasteiger partial charge in [-0.15, -0.1) is 0 Å². The van der Waals surface area contributed by atoms with E-state index in [0.717, 1.165) is 0 Å². The van der Waals surface area contributed by atoms with Gasteiger partial charge >= 0.3 is 11.9 Å². The first-order valence-corrected chi connectivity index (χ1v) is 8.48. The summed E-state index contributed by atoms with van der Waals surface area (Å²) in [5.74, 6) is -2.09. The number of hydrogen-bond acceptors (Lipinski definition) is 5. The number of carbonyl (C=O) groups excluding carboxylic acids is 2. The molecular formula is C16H12BrFINO4. The predicted molar refractivity (Wildman–Crippen MR) is 98.6 cm³/mol. The van der Waals surface area contributed by atoms with E-state index in [2.05, 4.69) is 15.9 Å². The van der Waals surface area contributed by atoms with Gasteiger partial charge in [-0.3, -0.25) is 0 Å². The third kappa shape index (κ3) is 3.54. The van der Waals surface area contributed by atoms with Crippen LogP contribution in [0, 0.1) is 9.39 Å². The van der Waals surface area contributed by atoms with Gasteiger partial charge in [0.1, 0.15) is 5.70 Å². The van der Waals surface area contributed by atoms with E-state index in [-0.39, 0.29) is 21.4 Å². The molecular weight excluding hydrogens is 496 g/mol. The molecule has 24 heavy (non-hydrogen) atoms. The summed E-state index contributed by atoms with van der Waals surface area (Å²) in [4.78, 5) is 25.7. The van der Waals surface area contributed by atoms with Crippen molar-refractivity contribution >= 4 is 56.1 Å². The van der Waals surface area contributed by atoms with E-state index in [1.54, 1.807) is 24.3 Å². The van der Waals surface area contributed by atoms with Crippen LogP contribution in [0.5, 0.6) is 0 Å². The second-order valence-corrected chi connectivity index (χ2v) is 6.52. The molecule has 0 bridgehead atoms. The van der Waals surface area contributed by atoms with Gasteiger partial charge in [0.2, 0.25) is 0 Å². The molecule has 0 N–H and O–H groups in total. The standard InChI is InChI=1S/C16H12BrFINO4/c1-23-15(21)9-5-3-4-8-20(13(9)16(22)24-2)14-11(19)7-6-10(17)12(14)18/h3-8H,1-2H3. The fourth-order valence-electron chi connectivity index (χ4n) is 2.07. The summed E-state index contributed by atoms with van der Waals surface area (Å²) in [6.45, 7) is 0. The Kier molecular flexibility index (Phi) is 6.16. The number of methoxy groups -OCH3 is 2. The molecule has 0 aromatic heterocycles. The molecule has 0 spiro atoms. The highest BCUT2D eigenvalue weighted by molar-refractivity contribution is 14.1. The SMILES string of the molecule is COC(=O)C1=C(C(=O)OC)N(c2c(I)ccc(Br)c2F)C=CC=C1. The number of rotatable bonds is 3. The van der Waals surface area contributed by atoms with Gasteiger partial charge in [-0.2, -0.15) is 0 Å². The van der Waals surface area contributed by atoms with Gasteiger partial charge in [-0.25, -0.2) is 14.0 Å². The maximum Gasteiger partial charge on any atom is 0.355 e. The minimum atomic E-state index is -0.790. The van der Waals surface area contributed by atoms with Crippen LogP contribution in [0.1, 0.15) is 0 Å². The first-order chi connectivity index (χ1) is 11.4. The number of esters is 2. The molecule has 5 nitrogen and oxygen atoms in total. The van der Waals surface area contributed by atoms with Crippen molar-refractivity contribution in [2.24, 2.45) is 0 Å². The van der Waals surface area contributed by atoms with Crippen molar-refractivity contribution in [3.8, 4) is 0 Å². The molecule has 1 aliphatic heterocycles. The van der Waals surface area contributed by atoms with Crippen LogP contribution in [0.4, 0.5) is 10.1 Å². The van der Waals surface area contributed by atoms with E-state index in [1.807, 2.05) is 22.6 Å². The summed E-state index contributed by atoms with van der Waals surface area (Å²) in [5, 5.41) is 0. The van der Waals surface area contributed by atoms with Crippen molar-refractivity contribution < 1.29 is 23.5 Å². The molecule has 0 amide bonds. The largest absolute Gasteiger partial charge is 0.465 e. The van der Waals surface area contributed by atoms with Crippen molar-refractivity contribution in [2.75, 3.05) is 19.1 Å². The molecule has 1 aromatic rings. The lowest BCUT2D eigenvalue weighted by Crippen LogP contribution is -2.28. The monoisotopic (exact) mass is 507 g/mol. The maximum absolute atomic E-state index is 14.7. The Morgan fingerprint density at radius 2 is 1.83 bits per heavy atom. The van der Waals surface area contributed by atoms with Crippen LogP contribution < -0.4 is 4.90 Å². The van der Waals surface area contributed by atoms with E-state index in [1.165, 1.54) is 31.4 Å². The minimum Gasteiger partial charge on any atom is -0.465 e. The number of hydrogen-bond donors (Lipinski definition) is 0. The number of allylic oxidation sites excluding steroid dienone is 2. The van der Waals surface area contributed by atoms with Gasteiger partial charge in [-0.1, -0.05) is 6.08 Å². The molecule has 0 unspecified atom stereocenters. The Hall–Kier alpha value is -1.68. The van der Waals surface area contributed by atoms with Gasteiger partial charge in [0.25, 0.3) is 0 Å². The van der Waals surface area contributed by atoms with Crippen LogP contribution in [-0.4, -0.2) is 26.2 Å². The summed E-state index contributed by atoms with van der Waals surface area (Å²) >= 11 is 5.08. The van der Waals surface area contributed by atoms with E-state index < -0.39 is 17.8 Å². The van der Waals surface area contributed by atoms with Crippen molar-refractivity contribution in [2.45, 2.75) is 0 Å². The summed E-state index contributed by atoms with van der Waals surface area (Å²) in [6.07, 6.45) is 6.02. The number of benzene rings is 1. The highest BCUT2D eigenvalue weighted by Crippen LogP contribution is 2.35. The molecule has 1 aromatic carbocycles. The number of anilines is 1. The summed E-state index contributed by atoms with van der Waals surface area (Å²) in [6, 6.07) is 3.24. The molecule has 0 radical (unpaired) electrons. The van der Waals surface area contributed by atoms with E-state index in [0.29, 0.717) is 3.57 Å². The molecule has 0 saturated heterocycles. The van der Waals surface area contributed by atoms with Crippen molar-refractivity contribution in [3.05, 3.63) is 61.7 Å². The molecule has 0 fully saturated rings. The van der Waals surface area contributed by atoms with Crippen molar-refractivity contribution in [3.63, 3.8) is 0 Å². The third-order valence-corrected chi connectivity index (χ3v) is 4.63. The molecule has 0 atom stereocenters. The molecule has 0 aliphatic carbocycles. The zero-order valence-electron chi connectivity index (χ0n) is 12.7. The Balaban J connectivity index is 2.78. The average molecular weight is 508 g/mol. The molecule has 126 valence electrons. The quantitative estimate of drug-likeness (QED) is 0.355. The van der Waals surface area contributed by atoms with Crippen LogP contribution in [0.15, 0.2) is 52.3 Å². The fourth-order valence-corrected chi connectivity index (χ4v) is 3.07. The van der Waals surface area contributed by atoms with Crippen LogP contribution in [0.25, 0.3) is 0 Å². The van der Waals surface area contributed by atoms with Gasteiger partial charge in [0.05, 0.1) is 30.0 Å². The van der Waals surface area contributed by atoms with Crippen LogP contribution in [0.2, 0.25) is 0 Å². The second kappa shape index (κ2) is 7.93. The topological polar surface area (TPSA) is 55.8 Å². The second-order valence-electron chi connectivity index (χ2n) is 4.51. The summed E-state index contributed by atoms with van der Waals surface area (Å²) in [5.41, 5.74) is -0.0551. The van der Waals surface area contributed by atoms with Gasteiger partial charge < -0.3 is 14.4 Å². The first-order valence-electron chi connectivity index (χ1n) is 6.60.